The number of likely N-dealkylation sites (N-methyl/N-ethyl adjacent to an activating group) is 1. The molecule has 2 atom stereocenters. The van der Waals surface area contributed by atoms with Crippen molar-refractivity contribution in [1.82, 2.24) is 25.8 Å². The monoisotopic (exact) mass is 591 g/mol. The average Bonchev–Trinajstić information content (AvgIpc) is 2.99. The van der Waals surface area contributed by atoms with Crippen molar-refractivity contribution in [3.05, 3.63) is 65.7 Å². The molecule has 0 aliphatic carbocycles. The van der Waals surface area contributed by atoms with Crippen LogP contribution >= 0.6 is 0 Å². The summed E-state index contributed by atoms with van der Waals surface area (Å²) in [5, 5.41) is 8.71. The summed E-state index contributed by atoms with van der Waals surface area (Å²) in [5.74, 6) is -1.06. The third-order valence-electron chi connectivity index (χ3n) is 7.98. The van der Waals surface area contributed by atoms with Gasteiger partial charge in [0.05, 0.1) is 18.5 Å². The minimum absolute atomic E-state index is 0.0726. The second-order valence-electron chi connectivity index (χ2n) is 11.8. The summed E-state index contributed by atoms with van der Waals surface area (Å²) in [6.45, 7) is 9.31. The van der Waals surface area contributed by atoms with E-state index in [1.54, 1.807) is 29.2 Å². The van der Waals surface area contributed by atoms with E-state index in [1.807, 2.05) is 39.0 Å². The maximum absolute atomic E-state index is 13.6. The van der Waals surface area contributed by atoms with E-state index in [-0.39, 0.29) is 36.5 Å². The predicted molar refractivity (Wildman–Crippen MR) is 164 cm³/mol. The van der Waals surface area contributed by atoms with Crippen LogP contribution < -0.4 is 20.7 Å². The quantitative estimate of drug-likeness (QED) is 0.456. The number of piperidine rings is 1. The lowest BCUT2D eigenvalue weighted by Gasteiger charge is -2.33. The third-order valence-corrected chi connectivity index (χ3v) is 7.98. The molecule has 2 aliphatic heterocycles. The molecule has 0 aromatic heterocycles. The summed E-state index contributed by atoms with van der Waals surface area (Å²) in [6.07, 6.45) is 1.69. The van der Waals surface area contributed by atoms with Crippen molar-refractivity contribution in [3.63, 3.8) is 0 Å². The van der Waals surface area contributed by atoms with Crippen LogP contribution in [0.1, 0.15) is 62.4 Å². The highest BCUT2D eigenvalue weighted by atomic mass is 16.5. The number of amides is 4. The molecule has 2 heterocycles. The Morgan fingerprint density at radius 3 is 2.37 bits per heavy atom. The number of rotatable bonds is 7. The van der Waals surface area contributed by atoms with Gasteiger partial charge in [-0.25, -0.2) is 0 Å². The lowest BCUT2D eigenvalue weighted by molar-refractivity contribution is -0.137. The Morgan fingerprint density at radius 2 is 1.67 bits per heavy atom. The lowest BCUT2D eigenvalue weighted by Crippen LogP contribution is -2.55. The number of fused-ring (bicyclic) bond motifs is 1. The van der Waals surface area contributed by atoms with E-state index in [0.717, 1.165) is 32.5 Å². The van der Waals surface area contributed by atoms with Gasteiger partial charge in [-0.2, -0.15) is 0 Å². The highest BCUT2D eigenvalue weighted by molar-refractivity contribution is 6.01. The number of likely N-dealkylation sites (tertiary alicyclic amines) is 1. The van der Waals surface area contributed by atoms with Crippen LogP contribution in [0.5, 0.6) is 5.75 Å². The van der Waals surface area contributed by atoms with Crippen molar-refractivity contribution < 1.29 is 23.9 Å². The molecule has 43 heavy (non-hydrogen) atoms. The molecule has 3 N–H and O–H groups in total. The first-order valence-corrected chi connectivity index (χ1v) is 15.4. The van der Waals surface area contributed by atoms with Gasteiger partial charge in [-0.1, -0.05) is 56.3 Å². The SMILES string of the molecule is CCN1CCOc2ccccc2C(=O)N[C@H](C(=O)NC2CCN(Cc3ccccc3)CC2)CC(=O)N[C@@H](CC(C)C)C1=O. The molecule has 4 amide bonds. The molecule has 2 aromatic carbocycles. The highest BCUT2D eigenvalue weighted by Gasteiger charge is 2.32. The Hall–Kier alpha value is -3.92. The first kappa shape index (κ1) is 32.0. The Balaban J connectivity index is 1.49. The van der Waals surface area contributed by atoms with Crippen molar-refractivity contribution in [2.24, 2.45) is 5.92 Å². The molecule has 0 radical (unpaired) electrons. The predicted octanol–water partition coefficient (Wildman–Crippen LogP) is 2.73. The van der Waals surface area contributed by atoms with Crippen LogP contribution in [0.2, 0.25) is 0 Å². The molecular formula is C33H45N5O5. The number of hydrogen-bond donors (Lipinski definition) is 3. The smallest absolute Gasteiger partial charge is 0.255 e. The number of carbonyl (C=O) groups excluding carboxylic acids is 4. The standard InChI is InChI=1S/C33H45N5O5/c1-4-38-18-19-43-29-13-9-8-12-26(29)31(40)36-27(21-30(39)35-28(33(38)42)20-23(2)3)32(41)34-25-14-16-37(17-15-25)22-24-10-6-5-7-11-24/h5-13,23,25,27-28H,4,14-22H2,1-3H3,(H,34,41)(H,35,39)(H,36,40)/t27-,28-/m0/s1. The number of nitrogens with zero attached hydrogens (tertiary/aromatic N) is 2. The molecule has 0 unspecified atom stereocenters. The van der Waals surface area contributed by atoms with Gasteiger partial charge in [-0.05, 0) is 49.8 Å². The maximum atomic E-state index is 13.6. The van der Waals surface area contributed by atoms with Crippen molar-refractivity contribution in [1.29, 1.82) is 0 Å². The number of carbonyl (C=O) groups is 4. The zero-order valence-corrected chi connectivity index (χ0v) is 25.5. The number of hydrogen-bond acceptors (Lipinski definition) is 6. The first-order chi connectivity index (χ1) is 20.7. The normalized spacial score (nSPS) is 21.3. The largest absolute Gasteiger partial charge is 0.491 e. The molecule has 2 aliphatic rings. The molecule has 1 saturated heterocycles. The number of ether oxygens (including phenoxy) is 1. The number of nitrogens with one attached hydrogen (secondary N) is 3. The second-order valence-corrected chi connectivity index (χ2v) is 11.8. The maximum Gasteiger partial charge on any atom is 0.255 e. The summed E-state index contributed by atoms with van der Waals surface area (Å²) < 4.78 is 5.94. The van der Waals surface area contributed by atoms with E-state index < -0.39 is 29.8 Å². The summed E-state index contributed by atoms with van der Waals surface area (Å²) in [7, 11) is 0. The van der Waals surface area contributed by atoms with Gasteiger partial charge < -0.3 is 25.6 Å². The van der Waals surface area contributed by atoms with E-state index >= 15 is 0 Å². The fourth-order valence-electron chi connectivity index (χ4n) is 5.65. The van der Waals surface area contributed by atoms with Crippen molar-refractivity contribution in [2.75, 3.05) is 32.8 Å². The molecule has 232 valence electrons. The van der Waals surface area contributed by atoms with E-state index in [1.165, 1.54) is 5.56 Å². The van der Waals surface area contributed by atoms with E-state index in [0.29, 0.717) is 25.3 Å². The van der Waals surface area contributed by atoms with Crippen molar-refractivity contribution in [3.8, 4) is 5.75 Å². The van der Waals surface area contributed by atoms with Gasteiger partial charge in [0.1, 0.15) is 24.4 Å². The molecule has 1 fully saturated rings. The van der Waals surface area contributed by atoms with Crippen LogP contribution in [-0.4, -0.2) is 84.3 Å². The van der Waals surface area contributed by atoms with E-state index in [9.17, 15) is 19.2 Å². The minimum atomic E-state index is -1.12. The summed E-state index contributed by atoms with van der Waals surface area (Å²) >= 11 is 0. The van der Waals surface area contributed by atoms with E-state index in [4.69, 9.17) is 4.74 Å². The highest BCUT2D eigenvalue weighted by Crippen LogP contribution is 2.20. The summed E-state index contributed by atoms with van der Waals surface area (Å²) in [4.78, 5) is 57.8. The third kappa shape index (κ3) is 9.28. The Labute approximate surface area is 254 Å². The fraction of sp³-hybridized carbons (Fsp3) is 0.515. The Bertz CT molecular complexity index is 1250. The Kier molecular flexibility index (Phi) is 11.6. The molecule has 4 rings (SSSR count). The van der Waals surface area contributed by atoms with Gasteiger partial charge in [0.15, 0.2) is 0 Å². The molecular weight excluding hydrogens is 546 g/mol. The fourth-order valence-corrected chi connectivity index (χ4v) is 5.65. The zero-order valence-electron chi connectivity index (χ0n) is 25.5. The molecule has 0 saturated carbocycles. The molecule has 0 spiro atoms. The van der Waals surface area contributed by atoms with Crippen molar-refractivity contribution in [2.45, 2.75) is 71.1 Å². The van der Waals surface area contributed by atoms with Crippen molar-refractivity contribution >= 4 is 23.6 Å². The molecule has 0 bridgehead atoms. The number of benzene rings is 2. The van der Waals surface area contributed by atoms with Gasteiger partial charge in [0.2, 0.25) is 17.7 Å². The molecule has 2 aromatic rings. The summed E-state index contributed by atoms with van der Waals surface area (Å²) in [5.41, 5.74) is 1.51. The van der Waals surface area contributed by atoms with Crippen LogP contribution in [-0.2, 0) is 20.9 Å². The van der Waals surface area contributed by atoms with Gasteiger partial charge in [0, 0.05) is 32.2 Å². The van der Waals surface area contributed by atoms with Gasteiger partial charge in [-0.15, -0.1) is 0 Å². The lowest BCUT2D eigenvalue weighted by atomic mass is 10.0. The van der Waals surface area contributed by atoms with Gasteiger partial charge >= 0.3 is 0 Å². The van der Waals surface area contributed by atoms with Crippen LogP contribution in [0.15, 0.2) is 54.6 Å². The topological polar surface area (TPSA) is 120 Å². The summed E-state index contributed by atoms with van der Waals surface area (Å²) in [6, 6.07) is 15.1. The van der Waals surface area contributed by atoms with Gasteiger partial charge in [0.25, 0.3) is 5.91 Å². The van der Waals surface area contributed by atoms with Crippen LogP contribution in [0.25, 0.3) is 0 Å². The first-order valence-electron chi connectivity index (χ1n) is 15.4. The number of para-hydroxylation sites is 1. The average molecular weight is 592 g/mol. The second kappa shape index (κ2) is 15.5. The van der Waals surface area contributed by atoms with Crippen LogP contribution in [0.4, 0.5) is 0 Å². The van der Waals surface area contributed by atoms with Crippen LogP contribution in [0.3, 0.4) is 0 Å². The van der Waals surface area contributed by atoms with Gasteiger partial charge in [-0.3, -0.25) is 24.1 Å². The minimum Gasteiger partial charge on any atom is -0.491 e. The molecule has 10 heteroatoms. The zero-order chi connectivity index (χ0) is 30.8. The van der Waals surface area contributed by atoms with E-state index in [2.05, 4.69) is 33.0 Å². The Morgan fingerprint density at radius 1 is 0.977 bits per heavy atom. The van der Waals surface area contributed by atoms with Crippen LogP contribution in [0, 0.1) is 5.92 Å². The molecule has 10 nitrogen and oxygen atoms in total.